The average molecular weight is 212 g/mol. The molecule has 3 heteroatoms. The third-order valence-corrected chi connectivity index (χ3v) is 1.73. The largest absolute Gasteiger partial charge is 0.457 e. The van der Waals surface area contributed by atoms with Gasteiger partial charge in [0, 0.05) is 6.42 Å². The lowest BCUT2D eigenvalue weighted by molar-refractivity contribution is -0.156. The van der Waals surface area contributed by atoms with E-state index in [0.717, 1.165) is 6.42 Å². The molecule has 0 atom stereocenters. The van der Waals surface area contributed by atoms with E-state index in [2.05, 4.69) is 6.08 Å². The highest BCUT2D eigenvalue weighted by Crippen LogP contribution is 2.03. The normalized spacial score (nSPS) is 9.93. The molecule has 0 rings (SSSR count). The van der Waals surface area contributed by atoms with Crippen molar-refractivity contribution in [2.75, 3.05) is 0 Å². The molecule has 0 radical (unpaired) electrons. The Kier molecular flexibility index (Phi) is 6.67. The van der Waals surface area contributed by atoms with E-state index >= 15 is 0 Å². The van der Waals surface area contributed by atoms with Crippen LogP contribution in [0.25, 0.3) is 0 Å². The maximum Gasteiger partial charge on any atom is 0.374 e. The van der Waals surface area contributed by atoms with Crippen molar-refractivity contribution in [1.82, 2.24) is 0 Å². The van der Waals surface area contributed by atoms with Crippen LogP contribution in [0.1, 0.15) is 47.0 Å². The minimum absolute atomic E-state index is 0.223. The Balaban J connectivity index is 3.75. The van der Waals surface area contributed by atoms with Crippen LogP contribution in [-0.4, -0.2) is 17.9 Å². The van der Waals surface area contributed by atoms with Crippen molar-refractivity contribution in [3.8, 4) is 0 Å². The quantitative estimate of drug-likeness (QED) is 0.294. The van der Waals surface area contributed by atoms with Crippen LogP contribution in [-0.2, 0) is 14.3 Å². The molecular weight excluding hydrogens is 192 g/mol. The van der Waals surface area contributed by atoms with Crippen molar-refractivity contribution in [3.63, 3.8) is 0 Å². The standard InChI is InChI=1S/C12H20O3/c1-9(2)7-5-6-8-11(13)12(14)15-10(3)4/h7,10H,5-6,8H2,1-4H3. The summed E-state index contributed by atoms with van der Waals surface area (Å²) in [5.41, 5.74) is 1.23. The van der Waals surface area contributed by atoms with Gasteiger partial charge in [-0.15, -0.1) is 0 Å². The molecule has 0 aromatic carbocycles. The minimum Gasteiger partial charge on any atom is -0.457 e. The zero-order valence-corrected chi connectivity index (χ0v) is 10.0. The number of rotatable bonds is 6. The number of ether oxygens (including phenoxy) is 1. The van der Waals surface area contributed by atoms with Gasteiger partial charge in [-0.2, -0.15) is 0 Å². The van der Waals surface area contributed by atoms with Crippen LogP contribution in [0.3, 0.4) is 0 Å². The van der Waals surface area contributed by atoms with Crippen LogP contribution in [0.15, 0.2) is 11.6 Å². The topological polar surface area (TPSA) is 43.4 Å². The van der Waals surface area contributed by atoms with E-state index in [9.17, 15) is 9.59 Å². The third-order valence-electron chi connectivity index (χ3n) is 1.73. The second-order valence-corrected chi connectivity index (χ2v) is 4.05. The number of carbonyl (C=O) groups excluding carboxylic acids is 2. The molecule has 0 unspecified atom stereocenters. The number of unbranched alkanes of at least 4 members (excludes halogenated alkanes) is 1. The van der Waals surface area contributed by atoms with Gasteiger partial charge in [0.2, 0.25) is 5.78 Å². The summed E-state index contributed by atoms with van der Waals surface area (Å²) in [6, 6.07) is 0. The molecule has 0 spiro atoms. The van der Waals surface area contributed by atoms with Gasteiger partial charge in [-0.25, -0.2) is 4.79 Å². The Morgan fingerprint density at radius 3 is 2.33 bits per heavy atom. The molecule has 0 amide bonds. The summed E-state index contributed by atoms with van der Waals surface area (Å²) in [4.78, 5) is 22.3. The second kappa shape index (κ2) is 7.21. The highest BCUT2D eigenvalue weighted by Gasteiger charge is 2.15. The van der Waals surface area contributed by atoms with Gasteiger partial charge >= 0.3 is 5.97 Å². The first-order valence-corrected chi connectivity index (χ1v) is 5.30. The number of Topliss-reactive ketones (excluding diaryl/α,β-unsaturated/α-hetero) is 1. The Bertz CT molecular complexity index is 248. The number of carbonyl (C=O) groups is 2. The molecule has 0 aromatic rings. The average Bonchev–Trinajstić information content (AvgIpc) is 2.10. The summed E-state index contributed by atoms with van der Waals surface area (Å²) < 4.78 is 4.79. The summed E-state index contributed by atoms with van der Waals surface area (Å²) in [6.07, 6.45) is 3.65. The lowest BCUT2D eigenvalue weighted by Crippen LogP contribution is -2.20. The molecule has 0 saturated heterocycles. The van der Waals surface area contributed by atoms with E-state index in [1.165, 1.54) is 5.57 Å². The van der Waals surface area contributed by atoms with Crippen molar-refractivity contribution in [1.29, 1.82) is 0 Å². The first kappa shape index (κ1) is 13.9. The van der Waals surface area contributed by atoms with E-state index in [1.54, 1.807) is 13.8 Å². The van der Waals surface area contributed by atoms with Gasteiger partial charge in [0.05, 0.1) is 6.10 Å². The molecule has 0 N–H and O–H groups in total. The molecular formula is C12H20O3. The fourth-order valence-electron chi connectivity index (χ4n) is 1.04. The maximum atomic E-state index is 11.2. The van der Waals surface area contributed by atoms with Gasteiger partial charge in [-0.05, 0) is 40.5 Å². The molecule has 0 fully saturated rings. The van der Waals surface area contributed by atoms with Crippen molar-refractivity contribution < 1.29 is 14.3 Å². The highest BCUT2D eigenvalue weighted by molar-refractivity contribution is 6.33. The Morgan fingerprint density at radius 2 is 1.87 bits per heavy atom. The smallest absolute Gasteiger partial charge is 0.374 e. The maximum absolute atomic E-state index is 11.2. The van der Waals surface area contributed by atoms with Crippen LogP contribution in [0.4, 0.5) is 0 Å². The predicted octanol–water partition coefficient (Wildman–Crippen LogP) is 2.64. The molecule has 3 nitrogen and oxygen atoms in total. The first-order valence-electron chi connectivity index (χ1n) is 5.30. The fraction of sp³-hybridized carbons (Fsp3) is 0.667. The van der Waals surface area contributed by atoms with Gasteiger partial charge in [-0.1, -0.05) is 11.6 Å². The van der Waals surface area contributed by atoms with Gasteiger partial charge in [0.25, 0.3) is 0 Å². The van der Waals surface area contributed by atoms with E-state index in [0.29, 0.717) is 6.42 Å². The number of esters is 1. The lowest BCUT2D eigenvalue weighted by atomic mass is 10.1. The summed E-state index contributed by atoms with van der Waals surface area (Å²) in [7, 11) is 0. The van der Waals surface area contributed by atoms with Gasteiger partial charge in [0.15, 0.2) is 0 Å². The highest BCUT2D eigenvalue weighted by atomic mass is 16.5. The summed E-state index contributed by atoms with van der Waals surface area (Å²) in [5.74, 6) is -1.13. The number of allylic oxidation sites excluding steroid dienone is 2. The zero-order chi connectivity index (χ0) is 11.8. The molecule has 86 valence electrons. The van der Waals surface area contributed by atoms with E-state index in [4.69, 9.17) is 4.74 Å². The third kappa shape index (κ3) is 7.91. The van der Waals surface area contributed by atoms with E-state index in [1.807, 2.05) is 13.8 Å². The van der Waals surface area contributed by atoms with Crippen LogP contribution in [0.5, 0.6) is 0 Å². The zero-order valence-electron chi connectivity index (χ0n) is 10.0. The van der Waals surface area contributed by atoms with Crippen molar-refractivity contribution in [2.45, 2.75) is 53.1 Å². The minimum atomic E-state index is -0.706. The van der Waals surface area contributed by atoms with Crippen molar-refractivity contribution in [2.24, 2.45) is 0 Å². The van der Waals surface area contributed by atoms with Crippen LogP contribution in [0.2, 0.25) is 0 Å². The van der Waals surface area contributed by atoms with Crippen LogP contribution in [0, 0.1) is 0 Å². The van der Waals surface area contributed by atoms with E-state index in [-0.39, 0.29) is 12.5 Å². The Hall–Kier alpha value is -1.12. The molecule has 0 saturated carbocycles. The number of hydrogen-bond acceptors (Lipinski definition) is 3. The van der Waals surface area contributed by atoms with Crippen LogP contribution < -0.4 is 0 Å². The second-order valence-electron chi connectivity index (χ2n) is 4.05. The molecule has 0 bridgehead atoms. The Labute approximate surface area is 91.5 Å². The first-order chi connectivity index (χ1) is 6.93. The van der Waals surface area contributed by atoms with Crippen molar-refractivity contribution in [3.05, 3.63) is 11.6 Å². The number of hydrogen-bond donors (Lipinski definition) is 0. The van der Waals surface area contributed by atoms with Crippen LogP contribution >= 0.6 is 0 Å². The number of ketones is 1. The molecule has 0 aliphatic heterocycles. The van der Waals surface area contributed by atoms with Gasteiger partial charge in [0.1, 0.15) is 0 Å². The van der Waals surface area contributed by atoms with Crippen molar-refractivity contribution >= 4 is 11.8 Å². The van der Waals surface area contributed by atoms with E-state index < -0.39 is 11.8 Å². The molecule has 0 aliphatic rings. The molecule has 0 aliphatic carbocycles. The predicted molar refractivity (Wildman–Crippen MR) is 59.5 cm³/mol. The summed E-state index contributed by atoms with van der Waals surface area (Å²) >= 11 is 0. The molecule has 0 aromatic heterocycles. The van der Waals surface area contributed by atoms with Gasteiger partial charge < -0.3 is 4.74 Å². The monoisotopic (exact) mass is 212 g/mol. The fourth-order valence-corrected chi connectivity index (χ4v) is 1.04. The lowest BCUT2D eigenvalue weighted by Gasteiger charge is -2.06. The Morgan fingerprint density at radius 1 is 1.27 bits per heavy atom. The SMILES string of the molecule is CC(C)=CCCCC(=O)C(=O)OC(C)C. The van der Waals surface area contributed by atoms with Gasteiger partial charge in [-0.3, -0.25) is 4.79 Å². The summed E-state index contributed by atoms with van der Waals surface area (Å²) in [5, 5.41) is 0. The summed E-state index contributed by atoms with van der Waals surface area (Å²) in [6.45, 7) is 7.48. The molecule has 0 heterocycles. The molecule has 15 heavy (non-hydrogen) atoms.